The van der Waals surface area contributed by atoms with Gasteiger partial charge in [0.05, 0.1) is 11.5 Å². The molecular weight excluding hydrogens is 274 g/mol. The molecule has 20 heavy (non-hydrogen) atoms. The maximum atomic E-state index is 12.4. The number of aliphatic hydroxyl groups excluding tert-OH is 1. The molecule has 0 unspecified atom stereocenters. The first-order valence-corrected chi connectivity index (χ1v) is 8.24. The number of sulfonamides is 1. The van der Waals surface area contributed by atoms with E-state index < -0.39 is 10.0 Å². The molecule has 0 spiro atoms. The lowest BCUT2D eigenvalue weighted by Gasteiger charge is -2.26. The fourth-order valence-corrected chi connectivity index (χ4v) is 3.45. The smallest absolute Gasteiger partial charge is 0.242 e. The first-order chi connectivity index (χ1) is 9.53. The average molecular weight is 293 g/mol. The Balaban J connectivity index is 2.32. The maximum absolute atomic E-state index is 12.4. The van der Waals surface area contributed by atoms with Crippen LogP contribution in [0.15, 0.2) is 23.1 Å². The van der Waals surface area contributed by atoms with Gasteiger partial charge in [-0.15, -0.1) is 0 Å². The minimum Gasteiger partial charge on any atom is -0.395 e. The Kier molecular flexibility index (Phi) is 4.81. The summed E-state index contributed by atoms with van der Waals surface area (Å²) in [6.45, 7) is 1.87. The van der Waals surface area contributed by atoms with Crippen molar-refractivity contribution in [2.24, 2.45) is 0 Å². The van der Waals surface area contributed by atoms with Gasteiger partial charge >= 0.3 is 0 Å². The second-order valence-corrected chi connectivity index (χ2v) is 6.71. The number of hydrogen-bond acceptors (Lipinski definition) is 3. The second kappa shape index (κ2) is 6.40. The number of rotatable bonds is 4. The van der Waals surface area contributed by atoms with Crippen LogP contribution >= 0.6 is 0 Å². The molecule has 0 atom stereocenters. The van der Waals surface area contributed by atoms with Gasteiger partial charge in [-0.3, -0.25) is 0 Å². The fourth-order valence-electron chi connectivity index (χ4n) is 2.00. The van der Waals surface area contributed by atoms with Crippen LogP contribution in [0.4, 0.5) is 0 Å². The predicted molar refractivity (Wildman–Crippen MR) is 77.7 cm³/mol. The molecule has 0 aromatic heterocycles. The van der Waals surface area contributed by atoms with Gasteiger partial charge in [0.1, 0.15) is 0 Å². The van der Waals surface area contributed by atoms with Gasteiger partial charge in [-0.25, -0.2) is 13.1 Å². The molecule has 2 N–H and O–H groups in total. The van der Waals surface area contributed by atoms with E-state index in [4.69, 9.17) is 5.11 Å². The Bertz CT molecular complexity index is 637. The van der Waals surface area contributed by atoms with Crippen LogP contribution in [0, 0.1) is 18.8 Å². The van der Waals surface area contributed by atoms with Gasteiger partial charge in [-0.1, -0.05) is 24.3 Å². The van der Waals surface area contributed by atoms with Crippen LogP contribution < -0.4 is 4.72 Å². The molecule has 0 aliphatic heterocycles. The third kappa shape index (κ3) is 3.60. The van der Waals surface area contributed by atoms with Crippen LogP contribution in [-0.4, -0.2) is 26.2 Å². The monoisotopic (exact) mass is 293 g/mol. The van der Waals surface area contributed by atoms with E-state index in [0.29, 0.717) is 12.0 Å². The zero-order valence-corrected chi connectivity index (χ0v) is 12.3. The van der Waals surface area contributed by atoms with Gasteiger partial charge in [-0.2, -0.15) is 0 Å². The Morgan fingerprint density at radius 2 is 2.15 bits per heavy atom. The highest BCUT2D eigenvalue weighted by molar-refractivity contribution is 7.89. The molecule has 108 valence electrons. The molecule has 1 aromatic rings. The minimum atomic E-state index is -3.52. The summed E-state index contributed by atoms with van der Waals surface area (Å²) in [6.07, 6.45) is 3.21. The molecule has 2 rings (SSSR count). The van der Waals surface area contributed by atoms with Gasteiger partial charge < -0.3 is 5.11 Å². The van der Waals surface area contributed by atoms with Crippen molar-refractivity contribution in [2.75, 3.05) is 6.61 Å². The zero-order valence-electron chi connectivity index (χ0n) is 11.5. The fraction of sp³-hybridized carbons (Fsp3) is 0.467. The Morgan fingerprint density at radius 1 is 1.40 bits per heavy atom. The Labute approximate surface area is 120 Å². The molecule has 5 heteroatoms. The summed E-state index contributed by atoms with van der Waals surface area (Å²) in [6, 6.07) is 5.19. The van der Waals surface area contributed by atoms with E-state index in [2.05, 4.69) is 16.6 Å². The summed E-state index contributed by atoms with van der Waals surface area (Å²) < 4.78 is 27.5. The summed E-state index contributed by atoms with van der Waals surface area (Å²) in [5, 5.41) is 8.75. The average Bonchev–Trinajstić information content (AvgIpc) is 2.34. The molecule has 0 saturated heterocycles. The van der Waals surface area contributed by atoms with Gasteiger partial charge in [0.15, 0.2) is 0 Å². The third-order valence-electron chi connectivity index (χ3n) is 3.31. The summed E-state index contributed by atoms with van der Waals surface area (Å²) >= 11 is 0. The molecule has 4 nitrogen and oxygen atoms in total. The number of benzene rings is 1. The van der Waals surface area contributed by atoms with Crippen LogP contribution in [0.25, 0.3) is 0 Å². The van der Waals surface area contributed by atoms with Crippen molar-refractivity contribution in [1.82, 2.24) is 4.72 Å². The number of aliphatic hydroxyl groups is 1. The quantitative estimate of drug-likeness (QED) is 0.828. The molecule has 1 saturated carbocycles. The zero-order chi connectivity index (χ0) is 14.6. The molecule has 0 amide bonds. The summed E-state index contributed by atoms with van der Waals surface area (Å²) in [5.41, 5.74) is 1.45. The number of aryl methyl sites for hydroxylation is 1. The second-order valence-electron chi connectivity index (χ2n) is 5.02. The van der Waals surface area contributed by atoms with Crippen LogP contribution in [0.1, 0.15) is 36.8 Å². The van der Waals surface area contributed by atoms with Crippen LogP contribution in [-0.2, 0) is 10.0 Å². The van der Waals surface area contributed by atoms with E-state index in [1.807, 2.05) is 6.92 Å². The normalized spacial score (nSPS) is 15.3. The molecule has 1 aromatic carbocycles. The Morgan fingerprint density at radius 3 is 2.75 bits per heavy atom. The summed E-state index contributed by atoms with van der Waals surface area (Å²) in [7, 11) is -3.52. The summed E-state index contributed by atoms with van der Waals surface area (Å²) in [5.74, 6) is 5.62. The lowest BCUT2D eigenvalue weighted by molar-refractivity contribution is 0.305. The number of nitrogens with one attached hydrogen (secondary N) is 1. The van der Waals surface area contributed by atoms with Gasteiger partial charge in [0.25, 0.3) is 0 Å². The van der Waals surface area contributed by atoms with Crippen molar-refractivity contribution in [3.8, 4) is 11.8 Å². The van der Waals surface area contributed by atoms with Crippen molar-refractivity contribution in [3.05, 3.63) is 29.3 Å². The first kappa shape index (κ1) is 15.0. The molecular formula is C15H19NO3S. The molecule has 1 aliphatic rings. The van der Waals surface area contributed by atoms with Crippen molar-refractivity contribution in [3.63, 3.8) is 0 Å². The SMILES string of the molecule is Cc1ccc(S(=O)(=O)NC2CCC2)c(C#CCCO)c1. The van der Waals surface area contributed by atoms with Crippen molar-refractivity contribution >= 4 is 10.0 Å². The molecule has 1 aliphatic carbocycles. The predicted octanol–water partition coefficient (Wildman–Crippen LogP) is 1.56. The van der Waals surface area contributed by atoms with E-state index >= 15 is 0 Å². The van der Waals surface area contributed by atoms with E-state index in [0.717, 1.165) is 24.8 Å². The Hall–Kier alpha value is -1.35. The van der Waals surface area contributed by atoms with Gasteiger partial charge in [0, 0.05) is 18.0 Å². The van der Waals surface area contributed by atoms with Gasteiger partial charge in [0.2, 0.25) is 10.0 Å². The lowest BCUT2D eigenvalue weighted by atomic mass is 9.94. The number of hydrogen-bond donors (Lipinski definition) is 2. The molecule has 1 fully saturated rings. The van der Waals surface area contributed by atoms with E-state index in [1.165, 1.54) is 0 Å². The minimum absolute atomic E-state index is 0.0266. The summed E-state index contributed by atoms with van der Waals surface area (Å²) in [4.78, 5) is 0.223. The van der Waals surface area contributed by atoms with Crippen molar-refractivity contribution < 1.29 is 13.5 Å². The third-order valence-corrected chi connectivity index (χ3v) is 4.89. The van der Waals surface area contributed by atoms with Crippen LogP contribution in [0.3, 0.4) is 0 Å². The van der Waals surface area contributed by atoms with Crippen LogP contribution in [0.5, 0.6) is 0 Å². The van der Waals surface area contributed by atoms with Crippen molar-refractivity contribution in [2.45, 2.75) is 43.5 Å². The largest absolute Gasteiger partial charge is 0.395 e. The lowest BCUT2D eigenvalue weighted by Crippen LogP contribution is -2.39. The van der Waals surface area contributed by atoms with Gasteiger partial charge in [-0.05, 0) is 37.5 Å². The highest BCUT2D eigenvalue weighted by Gasteiger charge is 2.26. The van der Waals surface area contributed by atoms with E-state index in [1.54, 1.807) is 18.2 Å². The van der Waals surface area contributed by atoms with E-state index in [-0.39, 0.29) is 17.5 Å². The standard InChI is InChI=1S/C15H19NO3S/c1-12-8-9-15(13(11-12)5-2-3-10-17)20(18,19)16-14-6-4-7-14/h8-9,11,14,16-17H,3-4,6-7,10H2,1H3. The highest BCUT2D eigenvalue weighted by Crippen LogP contribution is 2.23. The topological polar surface area (TPSA) is 66.4 Å². The molecule has 0 heterocycles. The molecule has 0 radical (unpaired) electrons. The van der Waals surface area contributed by atoms with Crippen molar-refractivity contribution in [1.29, 1.82) is 0 Å². The van der Waals surface area contributed by atoms with Crippen LogP contribution in [0.2, 0.25) is 0 Å². The molecule has 0 bridgehead atoms. The first-order valence-electron chi connectivity index (χ1n) is 6.75. The maximum Gasteiger partial charge on any atom is 0.242 e. The van der Waals surface area contributed by atoms with E-state index in [9.17, 15) is 8.42 Å². The highest BCUT2D eigenvalue weighted by atomic mass is 32.2.